The summed E-state index contributed by atoms with van der Waals surface area (Å²) in [4.78, 5) is 1.95. The third kappa shape index (κ3) is 2.75. The maximum Gasteiger partial charge on any atom is 0.152 e. The monoisotopic (exact) mass is 324 g/mol. The van der Waals surface area contributed by atoms with E-state index >= 15 is 0 Å². The predicted molar refractivity (Wildman–Crippen MR) is 79.1 cm³/mol. The molecule has 2 fully saturated rings. The van der Waals surface area contributed by atoms with E-state index < -0.39 is 30.5 Å². The number of sulfone groups is 2. The van der Waals surface area contributed by atoms with Gasteiger partial charge in [-0.2, -0.15) is 0 Å². The molecule has 0 spiro atoms. The zero-order valence-corrected chi connectivity index (χ0v) is 13.7. The first-order valence-electron chi connectivity index (χ1n) is 6.95. The Labute approximate surface area is 121 Å². The first kappa shape index (κ1) is 16.2. The summed E-state index contributed by atoms with van der Waals surface area (Å²) in [6.07, 6.45) is 3.97. The molecule has 3 unspecified atom stereocenters. The molecule has 2 aliphatic rings. The van der Waals surface area contributed by atoms with Crippen molar-refractivity contribution >= 4 is 19.7 Å². The highest BCUT2D eigenvalue weighted by molar-refractivity contribution is 7.91. The van der Waals surface area contributed by atoms with E-state index in [1.54, 1.807) is 0 Å². The van der Waals surface area contributed by atoms with Crippen LogP contribution in [-0.2, 0) is 19.7 Å². The molecule has 8 heteroatoms. The van der Waals surface area contributed by atoms with Crippen LogP contribution in [0.25, 0.3) is 0 Å². The van der Waals surface area contributed by atoms with Crippen molar-refractivity contribution in [2.75, 3.05) is 31.4 Å². The van der Waals surface area contributed by atoms with Crippen molar-refractivity contribution in [1.29, 1.82) is 0 Å². The smallest absolute Gasteiger partial charge is 0.152 e. The Morgan fingerprint density at radius 1 is 1.35 bits per heavy atom. The molecule has 0 radical (unpaired) electrons. The number of hydrogen-bond donors (Lipinski definition) is 1. The van der Waals surface area contributed by atoms with Gasteiger partial charge < -0.3 is 5.73 Å². The average Bonchev–Trinajstić information content (AvgIpc) is 2.91. The van der Waals surface area contributed by atoms with E-state index in [1.807, 2.05) is 11.9 Å². The zero-order valence-electron chi connectivity index (χ0n) is 12.1. The molecular formula is C12H24N2O4S2. The van der Waals surface area contributed by atoms with Gasteiger partial charge in [0, 0.05) is 24.4 Å². The number of nitrogens with zero attached hydrogens (tertiary/aromatic N) is 1. The largest absolute Gasteiger partial charge is 0.329 e. The highest BCUT2D eigenvalue weighted by Gasteiger charge is 2.52. The number of hydrogen-bond acceptors (Lipinski definition) is 6. The Bertz CT molecular complexity index is 572. The molecule has 3 atom stereocenters. The molecule has 1 saturated heterocycles. The third-order valence-electron chi connectivity index (χ3n) is 5.00. The maximum absolute atomic E-state index is 12.1. The Morgan fingerprint density at radius 3 is 2.45 bits per heavy atom. The highest BCUT2D eigenvalue weighted by atomic mass is 32.2. The van der Waals surface area contributed by atoms with Gasteiger partial charge in [0.1, 0.15) is 0 Å². The van der Waals surface area contributed by atoms with Crippen molar-refractivity contribution in [3.8, 4) is 0 Å². The van der Waals surface area contributed by atoms with Crippen molar-refractivity contribution in [3.63, 3.8) is 0 Å². The lowest BCUT2D eigenvalue weighted by Crippen LogP contribution is -2.62. The molecule has 20 heavy (non-hydrogen) atoms. The lowest BCUT2D eigenvalue weighted by Gasteiger charge is -2.44. The molecule has 2 N–H and O–H groups in total. The van der Waals surface area contributed by atoms with Crippen LogP contribution in [0.15, 0.2) is 0 Å². The van der Waals surface area contributed by atoms with Gasteiger partial charge in [0.2, 0.25) is 0 Å². The third-order valence-corrected chi connectivity index (χ3v) is 8.46. The fourth-order valence-corrected chi connectivity index (χ4v) is 7.41. The summed E-state index contributed by atoms with van der Waals surface area (Å²) >= 11 is 0. The molecule has 1 aliphatic carbocycles. The molecular weight excluding hydrogens is 300 g/mol. The van der Waals surface area contributed by atoms with Gasteiger partial charge in [-0.05, 0) is 26.3 Å². The molecule has 0 aromatic carbocycles. The molecule has 118 valence electrons. The van der Waals surface area contributed by atoms with E-state index in [1.165, 1.54) is 6.26 Å². The number of likely N-dealkylation sites (N-methyl/N-ethyl adjacent to an activating group) is 1. The topological polar surface area (TPSA) is 97.5 Å². The Hall–Kier alpha value is -0.180. The van der Waals surface area contributed by atoms with Crippen LogP contribution in [0.5, 0.6) is 0 Å². The summed E-state index contributed by atoms with van der Waals surface area (Å²) in [7, 11) is -4.35. The minimum atomic E-state index is -3.20. The Kier molecular flexibility index (Phi) is 4.23. The standard InChI is InChI=1S/C12H24N2O4S2/c1-14(10-5-7-20(17,18)8-10)12(9-13)6-3-4-11(12)19(2,15)16/h10-11H,3-9,13H2,1-2H3. The van der Waals surface area contributed by atoms with Gasteiger partial charge in [-0.25, -0.2) is 16.8 Å². The van der Waals surface area contributed by atoms with Gasteiger partial charge in [-0.15, -0.1) is 0 Å². The molecule has 0 bridgehead atoms. The lowest BCUT2D eigenvalue weighted by molar-refractivity contribution is 0.0950. The summed E-state index contributed by atoms with van der Waals surface area (Å²) in [5.74, 6) is 0.300. The van der Waals surface area contributed by atoms with E-state index in [-0.39, 0.29) is 24.1 Å². The highest BCUT2D eigenvalue weighted by Crippen LogP contribution is 2.40. The Balaban J connectivity index is 2.31. The predicted octanol–water partition coefficient (Wildman–Crippen LogP) is -0.600. The molecule has 0 aromatic heterocycles. The van der Waals surface area contributed by atoms with E-state index in [4.69, 9.17) is 5.73 Å². The summed E-state index contributed by atoms with van der Waals surface area (Å²) in [6, 6.07) is -0.120. The first-order valence-corrected chi connectivity index (χ1v) is 10.7. The molecule has 6 nitrogen and oxygen atoms in total. The molecule has 1 aliphatic heterocycles. The van der Waals surface area contributed by atoms with Gasteiger partial charge in [0.15, 0.2) is 19.7 Å². The van der Waals surface area contributed by atoms with Crippen molar-refractivity contribution in [2.24, 2.45) is 5.73 Å². The van der Waals surface area contributed by atoms with Gasteiger partial charge in [-0.1, -0.05) is 6.42 Å². The molecule has 1 saturated carbocycles. The van der Waals surface area contributed by atoms with Gasteiger partial charge in [0.25, 0.3) is 0 Å². The van der Waals surface area contributed by atoms with Crippen LogP contribution in [0.3, 0.4) is 0 Å². The van der Waals surface area contributed by atoms with E-state index in [0.29, 0.717) is 19.3 Å². The van der Waals surface area contributed by atoms with Crippen molar-refractivity contribution in [2.45, 2.75) is 42.5 Å². The van der Waals surface area contributed by atoms with Gasteiger partial charge in [-0.3, -0.25) is 4.90 Å². The quantitative estimate of drug-likeness (QED) is 0.741. The van der Waals surface area contributed by atoms with Crippen LogP contribution < -0.4 is 5.73 Å². The second kappa shape index (κ2) is 5.23. The van der Waals surface area contributed by atoms with Crippen molar-refractivity contribution in [1.82, 2.24) is 4.90 Å². The fourth-order valence-electron chi connectivity index (χ4n) is 3.86. The lowest BCUT2D eigenvalue weighted by atomic mass is 9.93. The zero-order chi connectivity index (χ0) is 15.2. The SMILES string of the molecule is CN(C1CCS(=O)(=O)C1)C1(CN)CCCC1S(C)(=O)=O. The summed E-state index contributed by atoms with van der Waals surface area (Å²) in [6.45, 7) is 0.248. The van der Waals surface area contributed by atoms with Crippen LogP contribution >= 0.6 is 0 Å². The second-order valence-corrected chi connectivity index (χ2v) is 10.6. The second-order valence-electron chi connectivity index (χ2n) is 6.19. The van der Waals surface area contributed by atoms with Crippen LogP contribution in [0.1, 0.15) is 25.7 Å². The molecule has 0 aromatic rings. The summed E-state index contributed by atoms with van der Waals surface area (Å²) in [5, 5.41) is -0.492. The van der Waals surface area contributed by atoms with Crippen molar-refractivity contribution in [3.05, 3.63) is 0 Å². The van der Waals surface area contributed by atoms with E-state index in [2.05, 4.69) is 0 Å². The normalized spacial score (nSPS) is 37.6. The minimum absolute atomic E-state index is 0.113. The van der Waals surface area contributed by atoms with E-state index in [9.17, 15) is 16.8 Å². The minimum Gasteiger partial charge on any atom is -0.329 e. The summed E-state index contributed by atoms with van der Waals surface area (Å²) in [5.41, 5.74) is 5.32. The van der Waals surface area contributed by atoms with E-state index in [0.717, 1.165) is 6.42 Å². The average molecular weight is 324 g/mol. The summed E-state index contributed by atoms with van der Waals surface area (Å²) < 4.78 is 47.4. The van der Waals surface area contributed by atoms with Crippen LogP contribution in [-0.4, -0.2) is 69.9 Å². The van der Waals surface area contributed by atoms with Crippen LogP contribution in [0, 0.1) is 0 Å². The fraction of sp³-hybridized carbons (Fsp3) is 1.00. The Morgan fingerprint density at radius 2 is 2.00 bits per heavy atom. The van der Waals surface area contributed by atoms with Crippen molar-refractivity contribution < 1.29 is 16.8 Å². The molecule has 0 amide bonds. The number of rotatable bonds is 4. The number of nitrogens with two attached hydrogens (primary N) is 1. The first-order chi connectivity index (χ1) is 9.12. The molecule has 1 heterocycles. The van der Waals surface area contributed by atoms with Gasteiger partial charge in [0.05, 0.1) is 16.8 Å². The van der Waals surface area contributed by atoms with Gasteiger partial charge >= 0.3 is 0 Å². The molecule has 2 rings (SSSR count). The van der Waals surface area contributed by atoms with Crippen LogP contribution in [0.2, 0.25) is 0 Å². The maximum atomic E-state index is 12.1. The van der Waals surface area contributed by atoms with Crippen LogP contribution in [0.4, 0.5) is 0 Å².